The molecular weight excluding hydrogens is 393 g/mol. The highest BCUT2D eigenvalue weighted by atomic mass is 32.2. The number of allylic oxidation sites excluding steroid dienone is 1. The highest BCUT2D eigenvalue weighted by Gasteiger charge is 2.15. The molecule has 1 heterocycles. The van der Waals surface area contributed by atoms with Gasteiger partial charge in [0.1, 0.15) is 23.9 Å². The summed E-state index contributed by atoms with van der Waals surface area (Å²) in [4.78, 5) is 12.4. The molecule has 0 atom stereocenters. The Morgan fingerprint density at radius 2 is 1.83 bits per heavy atom. The van der Waals surface area contributed by atoms with Gasteiger partial charge in [0.05, 0.1) is 12.9 Å². The maximum Gasteiger partial charge on any atom is 0.192 e. The van der Waals surface area contributed by atoms with E-state index in [1.807, 2.05) is 4.57 Å². The number of nitrogens with zero attached hydrogens (tertiary/aromatic N) is 3. The van der Waals surface area contributed by atoms with Gasteiger partial charge in [0, 0.05) is 12.1 Å². The maximum absolute atomic E-state index is 13.0. The lowest BCUT2D eigenvalue weighted by Gasteiger charge is -2.09. The lowest BCUT2D eigenvalue weighted by Crippen LogP contribution is -2.09. The zero-order valence-electron chi connectivity index (χ0n) is 15.9. The topological polar surface area (TPSA) is 66.2 Å². The highest BCUT2D eigenvalue weighted by Crippen LogP contribution is 2.21. The number of methoxy groups -OCH3 is 1. The molecule has 2 aromatic carbocycles. The van der Waals surface area contributed by atoms with E-state index in [4.69, 9.17) is 9.47 Å². The summed E-state index contributed by atoms with van der Waals surface area (Å²) in [6.45, 7) is 4.40. The molecule has 3 aromatic rings. The van der Waals surface area contributed by atoms with E-state index in [0.29, 0.717) is 34.6 Å². The van der Waals surface area contributed by atoms with E-state index in [1.54, 1.807) is 49.6 Å². The minimum atomic E-state index is -0.326. The number of carbonyl (C=O) groups is 1. The summed E-state index contributed by atoms with van der Waals surface area (Å²) in [5.74, 6) is 1.70. The van der Waals surface area contributed by atoms with Crippen LogP contribution in [-0.2, 0) is 13.2 Å². The average Bonchev–Trinajstić information content (AvgIpc) is 3.13. The Morgan fingerprint density at radius 3 is 2.48 bits per heavy atom. The molecule has 0 spiro atoms. The van der Waals surface area contributed by atoms with Crippen molar-refractivity contribution < 1.29 is 18.7 Å². The van der Waals surface area contributed by atoms with Gasteiger partial charge in [-0.3, -0.25) is 9.36 Å². The molecule has 0 N–H and O–H groups in total. The minimum Gasteiger partial charge on any atom is -0.497 e. The first-order valence-electron chi connectivity index (χ1n) is 8.82. The van der Waals surface area contributed by atoms with Gasteiger partial charge in [0.15, 0.2) is 16.8 Å². The zero-order chi connectivity index (χ0) is 20.6. The van der Waals surface area contributed by atoms with Gasteiger partial charge in [0.25, 0.3) is 0 Å². The first-order chi connectivity index (χ1) is 14.1. The Balaban J connectivity index is 1.64. The first kappa shape index (κ1) is 20.6. The second kappa shape index (κ2) is 9.88. The number of rotatable bonds is 10. The molecule has 0 saturated carbocycles. The Bertz CT molecular complexity index is 972. The third-order valence-corrected chi connectivity index (χ3v) is 5.00. The quantitative estimate of drug-likeness (QED) is 0.282. The van der Waals surface area contributed by atoms with Gasteiger partial charge in [-0.15, -0.1) is 16.8 Å². The third kappa shape index (κ3) is 5.45. The van der Waals surface area contributed by atoms with Crippen molar-refractivity contribution in [1.29, 1.82) is 0 Å². The van der Waals surface area contributed by atoms with Crippen molar-refractivity contribution in [3.63, 3.8) is 0 Å². The molecule has 3 rings (SSSR count). The number of hydrogen-bond donors (Lipinski definition) is 0. The molecule has 0 unspecified atom stereocenters. The smallest absolute Gasteiger partial charge is 0.192 e. The minimum absolute atomic E-state index is 0.0186. The molecule has 150 valence electrons. The van der Waals surface area contributed by atoms with Crippen LogP contribution in [0, 0.1) is 5.82 Å². The van der Waals surface area contributed by atoms with Crippen LogP contribution in [0.3, 0.4) is 0 Å². The van der Waals surface area contributed by atoms with E-state index in [1.165, 1.54) is 23.9 Å². The van der Waals surface area contributed by atoms with Gasteiger partial charge < -0.3 is 9.47 Å². The molecule has 0 saturated heterocycles. The van der Waals surface area contributed by atoms with E-state index in [0.717, 1.165) is 0 Å². The van der Waals surface area contributed by atoms with Crippen LogP contribution in [0.1, 0.15) is 16.2 Å². The molecule has 0 aliphatic carbocycles. The fourth-order valence-corrected chi connectivity index (χ4v) is 3.38. The summed E-state index contributed by atoms with van der Waals surface area (Å²) in [5.41, 5.74) is 0.605. The molecule has 0 aliphatic heterocycles. The Labute approximate surface area is 172 Å². The van der Waals surface area contributed by atoms with Crippen molar-refractivity contribution in [3.05, 3.63) is 78.4 Å². The average molecular weight is 413 g/mol. The first-order valence-corrected chi connectivity index (χ1v) is 9.80. The summed E-state index contributed by atoms with van der Waals surface area (Å²) < 4.78 is 25.6. The molecule has 0 bridgehead atoms. The van der Waals surface area contributed by atoms with E-state index < -0.39 is 0 Å². The van der Waals surface area contributed by atoms with Gasteiger partial charge in [-0.25, -0.2) is 4.39 Å². The molecule has 0 aliphatic rings. The second-order valence-corrected chi connectivity index (χ2v) is 6.92. The second-order valence-electron chi connectivity index (χ2n) is 5.98. The van der Waals surface area contributed by atoms with Crippen LogP contribution in [-0.4, -0.2) is 33.4 Å². The number of Topliss-reactive ketones (excluding diaryl/α,β-unsaturated/α-hetero) is 1. The predicted molar refractivity (Wildman–Crippen MR) is 109 cm³/mol. The molecule has 8 heteroatoms. The molecule has 0 amide bonds. The monoisotopic (exact) mass is 413 g/mol. The van der Waals surface area contributed by atoms with Crippen molar-refractivity contribution in [2.45, 2.75) is 18.3 Å². The van der Waals surface area contributed by atoms with Gasteiger partial charge in [-0.1, -0.05) is 17.8 Å². The fourth-order valence-electron chi connectivity index (χ4n) is 2.51. The van der Waals surface area contributed by atoms with Gasteiger partial charge in [-0.05, 0) is 48.5 Å². The van der Waals surface area contributed by atoms with Crippen molar-refractivity contribution in [2.75, 3.05) is 12.9 Å². The summed E-state index contributed by atoms with van der Waals surface area (Å²) in [6, 6.07) is 12.7. The Hall–Kier alpha value is -3.13. The van der Waals surface area contributed by atoms with E-state index in [2.05, 4.69) is 16.8 Å². The van der Waals surface area contributed by atoms with E-state index in [9.17, 15) is 9.18 Å². The molecule has 0 radical (unpaired) electrons. The summed E-state index contributed by atoms with van der Waals surface area (Å²) in [6.07, 6.45) is 1.72. The molecule has 29 heavy (non-hydrogen) atoms. The number of carbonyl (C=O) groups excluding carboxylic acids is 1. The van der Waals surface area contributed by atoms with Crippen LogP contribution in [0.2, 0.25) is 0 Å². The number of ether oxygens (including phenoxy) is 2. The number of ketones is 1. The number of aromatic nitrogens is 3. The van der Waals surface area contributed by atoms with Crippen LogP contribution in [0.25, 0.3) is 0 Å². The van der Waals surface area contributed by atoms with E-state index >= 15 is 0 Å². The van der Waals surface area contributed by atoms with Gasteiger partial charge >= 0.3 is 0 Å². The number of thioether (sulfide) groups is 1. The lowest BCUT2D eigenvalue weighted by molar-refractivity contribution is 0.102. The molecule has 1 aromatic heterocycles. The van der Waals surface area contributed by atoms with Crippen LogP contribution < -0.4 is 9.47 Å². The van der Waals surface area contributed by atoms with Crippen LogP contribution in [0.4, 0.5) is 4.39 Å². The largest absolute Gasteiger partial charge is 0.497 e. The number of benzene rings is 2. The number of halogens is 1. The summed E-state index contributed by atoms with van der Waals surface area (Å²) >= 11 is 1.30. The van der Waals surface area contributed by atoms with E-state index in [-0.39, 0.29) is 24.0 Å². The third-order valence-electron chi connectivity index (χ3n) is 4.03. The number of hydrogen-bond acceptors (Lipinski definition) is 6. The van der Waals surface area contributed by atoms with Crippen molar-refractivity contribution in [3.8, 4) is 11.5 Å². The summed E-state index contributed by atoms with van der Waals surface area (Å²) in [5, 5.41) is 8.93. The van der Waals surface area contributed by atoms with Crippen LogP contribution in [0.5, 0.6) is 11.5 Å². The molecule has 6 nitrogen and oxygen atoms in total. The van der Waals surface area contributed by atoms with Gasteiger partial charge in [0.2, 0.25) is 0 Å². The fraction of sp³-hybridized carbons (Fsp3) is 0.190. The Morgan fingerprint density at radius 1 is 1.14 bits per heavy atom. The van der Waals surface area contributed by atoms with Crippen molar-refractivity contribution in [2.24, 2.45) is 0 Å². The molecule has 0 fully saturated rings. The zero-order valence-corrected chi connectivity index (χ0v) is 16.7. The SMILES string of the molecule is C=CCn1c(COc2ccc(F)cc2)nnc1SCC(=O)c1ccc(OC)cc1. The molecular formula is C21H20FN3O3S. The van der Waals surface area contributed by atoms with Crippen LogP contribution in [0.15, 0.2) is 66.3 Å². The lowest BCUT2D eigenvalue weighted by atomic mass is 10.1. The van der Waals surface area contributed by atoms with Crippen molar-refractivity contribution in [1.82, 2.24) is 14.8 Å². The standard InChI is InChI=1S/C21H20FN3O3S/c1-3-12-25-20(13-28-18-10-6-16(22)7-11-18)23-24-21(25)29-14-19(26)15-4-8-17(27-2)9-5-15/h3-11H,1,12-14H2,2H3. The normalized spacial score (nSPS) is 10.6. The predicted octanol–water partition coefficient (Wildman–Crippen LogP) is 4.17. The van der Waals surface area contributed by atoms with Crippen molar-refractivity contribution >= 4 is 17.5 Å². The maximum atomic E-state index is 13.0. The van der Waals surface area contributed by atoms with Crippen LogP contribution >= 0.6 is 11.8 Å². The summed E-state index contributed by atoms with van der Waals surface area (Å²) in [7, 11) is 1.58. The Kier molecular flexibility index (Phi) is 7.02. The highest BCUT2D eigenvalue weighted by molar-refractivity contribution is 7.99. The van der Waals surface area contributed by atoms with Gasteiger partial charge in [-0.2, -0.15) is 0 Å².